The molecule has 16 heavy (non-hydrogen) atoms. The van der Waals surface area contributed by atoms with Gasteiger partial charge in [-0.05, 0) is 39.2 Å². The first-order chi connectivity index (χ1) is 7.83. The van der Waals surface area contributed by atoms with E-state index in [0.29, 0.717) is 12.2 Å². The lowest BCUT2D eigenvalue weighted by atomic mass is 10.1. The topological polar surface area (TPSA) is 30.5 Å². The fraction of sp³-hybridized carbons (Fsp3) is 0.846. The predicted molar refractivity (Wildman–Crippen MR) is 66.7 cm³/mol. The number of nitrogens with one attached hydrogen (secondary N) is 1. The number of rotatable bonds is 8. The molecule has 0 aliphatic carbocycles. The zero-order valence-corrected chi connectivity index (χ0v) is 10.6. The quantitative estimate of drug-likeness (QED) is 0.509. The van der Waals surface area contributed by atoms with Crippen molar-refractivity contribution in [3.05, 3.63) is 12.2 Å². The summed E-state index contributed by atoms with van der Waals surface area (Å²) >= 11 is 0. The van der Waals surface area contributed by atoms with Gasteiger partial charge in [0.25, 0.3) is 0 Å². The van der Waals surface area contributed by atoms with Crippen LogP contribution in [0.5, 0.6) is 0 Å². The van der Waals surface area contributed by atoms with Crippen molar-refractivity contribution >= 4 is 0 Å². The van der Waals surface area contributed by atoms with E-state index < -0.39 is 0 Å². The summed E-state index contributed by atoms with van der Waals surface area (Å²) in [6.45, 7) is 4.91. The van der Waals surface area contributed by atoms with Crippen LogP contribution >= 0.6 is 0 Å². The van der Waals surface area contributed by atoms with Gasteiger partial charge in [-0.25, -0.2) is 0 Å². The molecule has 0 aromatic heterocycles. The van der Waals surface area contributed by atoms with Gasteiger partial charge in [0, 0.05) is 13.7 Å². The molecule has 1 aliphatic rings. The van der Waals surface area contributed by atoms with E-state index in [9.17, 15) is 0 Å². The zero-order chi connectivity index (χ0) is 11.6. The molecule has 3 heteroatoms. The summed E-state index contributed by atoms with van der Waals surface area (Å²) < 4.78 is 10.7. The van der Waals surface area contributed by atoms with Crippen LogP contribution in [0.4, 0.5) is 0 Å². The van der Waals surface area contributed by atoms with Crippen LogP contribution in [0.15, 0.2) is 12.2 Å². The molecule has 2 atom stereocenters. The third kappa shape index (κ3) is 6.26. The van der Waals surface area contributed by atoms with Gasteiger partial charge in [-0.2, -0.15) is 0 Å². The first-order valence-electron chi connectivity index (χ1n) is 6.33. The summed E-state index contributed by atoms with van der Waals surface area (Å²) in [5, 5.41) is 3.31. The molecule has 0 aromatic carbocycles. The second-order valence-corrected chi connectivity index (χ2v) is 4.38. The molecule has 1 rings (SSSR count). The van der Waals surface area contributed by atoms with Crippen LogP contribution in [-0.2, 0) is 9.47 Å². The monoisotopic (exact) mass is 227 g/mol. The van der Waals surface area contributed by atoms with Gasteiger partial charge in [0.15, 0.2) is 0 Å². The van der Waals surface area contributed by atoms with Gasteiger partial charge in [-0.15, -0.1) is 0 Å². The highest BCUT2D eigenvalue weighted by Crippen LogP contribution is 2.21. The summed E-state index contributed by atoms with van der Waals surface area (Å²) in [4.78, 5) is 0. The van der Waals surface area contributed by atoms with Crippen LogP contribution in [0.3, 0.4) is 0 Å². The van der Waals surface area contributed by atoms with Gasteiger partial charge in [0.05, 0.1) is 18.8 Å². The molecule has 94 valence electrons. The maximum Gasteiger partial charge on any atom is 0.0614 e. The van der Waals surface area contributed by atoms with Crippen LogP contribution < -0.4 is 5.32 Å². The normalized spacial score (nSPS) is 25.6. The molecular formula is C13H25NO2. The van der Waals surface area contributed by atoms with Crippen LogP contribution in [0, 0.1) is 0 Å². The molecule has 2 unspecified atom stereocenters. The van der Waals surface area contributed by atoms with Crippen molar-refractivity contribution in [1.82, 2.24) is 5.32 Å². The minimum absolute atomic E-state index is 0.465. The van der Waals surface area contributed by atoms with Crippen LogP contribution in [0.25, 0.3) is 0 Å². The Labute approximate surface area is 99.2 Å². The lowest BCUT2D eigenvalue weighted by Gasteiger charge is -2.07. The average Bonchev–Trinajstić information content (AvgIpc) is 2.68. The average molecular weight is 227 g/mol. The van der Waals surface area contributed by atoms with Crippen LogP contribution in [-0.4, -0.2) is 39.0 Å². The van der Waals surface area contributed by atoms with Crippen LogP contribution in [0.1, 0.15) is 32.6 Å². The molecule has 0 bridgehead atoms. The molecule has 0 aromatic rings. The Bertz CT molecular complexity index is 194. The molecular weight excluding hydrogens is 202 g/mol. The van der Waals surface area contributed by atoms with Gasteiger partial charge < -0.3 is 14.8 Å². The Morgan fingerprint density at radius 2 is 2.19 bits per heavy atom. The first kappa shape index (κ1) is 13.7. The summed E-state index contributed by atoms with van der Waals surface area (Å²) in [5.74, 6) is 0. The molecule has 0 spiro atoms. The molecule has 0 amide bonds. The van der Waals surface area contributed by atoms with E-state index in [-0.39, 0.29) is 0 Å². The van der Waals surface area contributed by atoms with Gasteiger partial charge in [0.1, 0.15) is 0 Å². The molecule has 3 nitrogen and oxygen atoms in total. The Morgan fingerprint density at radius 1 is 1.31 bits per heavy atom. The van der Waals surface area contributed by atoms with E-state index in [1.165, 1.54) is 12.8 Å². The largest absolute Gasteiger partial charge is 0.383 e. The van der Waals surface area contributed by atoms with Crippen molar-refractivity contribution in [1.29, 1.82) is 0 Å². The van der Waals surface area contributed by atoms with E-state index in [0.717, 1.165) is 32.5 Å². The van der Waals surface area contributed by atoms with E-state index in [1.807, 2.05) is 0 Å². The maximum atomic E-state index is 5.74. The van der Waals surface area contributed by atoms with E-state index in [1.54, 1.807) is 7.11 Å². The SMILES string of the molecule is COCCNCC/C=C/CC1CCC(C)O1. The van der Waals surface area contributed by atoms with E-state index >= 15 is 0 Å². The molecule has 0 radical (unpaired) electrons. The summed E-state index contributed by atoms with van der Waals surface area (Å²) in [7, 11) is 1.73. The highest BCUT2D eigenvalue weighted by atomic mass is 16.5. The lowest BCUT2D eigenvalue weighted by molar-refractivity contribution is 0.0579. The van der Waals surface area contributed by atoms with E-state index in [2.05, 4.69) is 24.4 Å². The Hall–Kier alpha value is -0.380. The van der Waals surface area contributed by atoms with Crippen molar-refractivity contribution in [2.75, 3.05) is 26.8 Å². The van der Waals surface area contributed by atoms with Gasteiger partial charge in [-0.3, -0.25) is 0 Å². The smallest absolute Gasteiger partial charge is 0.0614 e. The van der Waals surface area contributed by atoms with Crippen LogP contribution in [0.2, 0.25) is 0 Å². The number of ether oxygens (including phenoxy) is 2. The molecule has 1 saturated heterocycles. The highest BCUT2D eigenvalue weighted by molar-refractivity contribution is 4.87. The Morgan fingerprint density at radius 3 is 2.88 bits per heavy atom. The van der Waals surface area contributed by atoms with Gasteiger partial charge in [0.2, 0.25) is 0 Å². The van der Waals surface area contributed by atoms with Crippen molar-refractivity contribution in [2.24, 2.45) is 0 Å². The highest BCUT2D eigenvalue weighted by Gasteiger charge is 2.19. The molecule has 0 saturated carbocycles. The van der Waals surface area contributed by atoms with E-state index in [4.69, 9.17) is 9.47 Å². The molecule has 1 aliphatic heterocycles. The molecule has 1 heterocycles. The Balaban J connectivity index is 1.89. The van der Waals surface area contributed by atoms with Crippen molar-refractivity contribution in [2.45, 2.75) is 44.8 Å². The van der Waals surface area contributed by atoms with Crippen molar-refractivity contribution < 1.29 is 9.47 Å². The number of hydrogen-bond acceptors (Lipinski definition) is 3. The number of hydrogen-bond donors (Lipinski definition) is 1. The van der Waals surface area contributed by atoms with Crippen molar-refractivity contribution in [3.63, 3.8) is 0 Å². The minimum Gasteiger partial charge on any atom is -0.383 e. The molecule has 1 N–H and O–H groups in total. The maximum absolute atomic E-state index is 5.74. The second kappa shape index (κ2) is 8.74. The third-order valence-corrected chi connectivity index (χ3v) is 2.86. The van der Waals surface area contributed by atoms with Crippen molar-refractivity contribution in [3.8, 4) is 0 Å². The second-order valence-electron chi connectivity index (χ2n) is 4.38. The summed E-state index contributed by atoms with van der Waals surface area (Å²) in [5.41, 5.74) is 0. The fourth-order valence-electron chi connectivity index (χ4n) is 1.91. The molecule has 1 fully saturated rings. The predicted octanol–water partition coefficient (Wildman–Crippen LogP) is 2.13. The zero-order valence-electron chi connectivity index (χ0n) is 10.6. The van der Waals surface area contributed by atoms with Gasteiger partial charge >= 0.3 is 0 Å². The fourth-order valence-corrected chi connectivity index (χ4v) is 1.91. The summed E-state index contributed by atoms with van der Waals surface area (Å²) in [6, 6.07) is 0. The number of methoxy groups -OCH3 is 1. The van der Waals surface area contributed by atoms with Gasteiger partial charge in [-0.1, -0.05) is 12.2 Å². The summed E-state index contributed by atoms with van der Waals surface area (Å²) in [6.07, 6.45) is 10.0. The first-order valence-corrected chi connectivity index (χ1v) is 6.33. The minimum atomic E-state index is 0.465. The third-order valence-electron chi connectivity index (χ3n) is 2.86. The lowest BCUT2D eigenvalue weighted by Crippen LogP contribution is -2.19. The standard InChI is InChI=1S/C13H25NO2/c1-12-7-8-13(16-12)6-4-3-5-9-14-10-11-15-2/h3-4,12-14H,5-11H2,1-2H3/b4-3+. The Kier molecular flexibility index (Phi) is 7.47.